The normalized spacial score (nSPS) is 15.3. The summed E-state index contributed by atoms with van der Waals surface area (Å²) in [4.78, 5) is 22.8. The predicted molar refractivity (Wildman–Crippen MR) is 91.9 cm³/mol. The van der Waals surface area contributed by atoms with Crippen molar-refractivity contribution in [2.24, 2.45) is 0 Å². The number of para-hydroxylation sites is 1. The molecule has 1 aliphatic heterocycles. The Bertz CT molecular complexity index is 849. The summed E-state index contributed by atoms with van der Waals surface area (Å²) in [5.74, 6) is 0.0838. The van der Waals surface area contributed by atoms with Crippen molar-refractivity contribution in [3.63, 3.8) is 0 Å². The van der Waals surface area contributed by atoms with Gasteiger partial charge in [0.05, 0.1) is 0 Å². The Kier molecular flexibility index (Phi) is 4.74. The van der Waals surface area contributed by atoms with Crippen LogP contribution in [0, 0.1) is 0 Å². The highest BCUT2D eigenvalue weighted by molar-refractivity contribution is 6.35. The molecule has 0 atom stereocenters. The van der Waals surface area contributed by atoms with Gasteiger partial charge in [0, 0.05) is 21.2 Å². The maximum atomic E-state index is 11.6. The van der Waals surface area contributed by atoms with Crippen LogP contribution in [0.1, 0.15) is 11.1 Å². The Morgan fingerprint density at radius 1 is 1.04 bits per heavy atom. The van der Waals surface area contributed by atoms with Crippen LogP contribution >= 0.6 is 23.2 Å². The number of urea groups is 1. The van der Waals surface area contributed by atoms with Crippen molar-refractivity contribution in [3.05, 3.63) is 69.3 Å². The van der Waals surface area contributed by atoms with Gasteiger partial charge in [0.2, 0.25) is 0 Å². The largest absolute Gasteiger partial charge is 0.488 e. The smallest absolute Gasteiger partial charge is 0.326 e. The molecule has 5 nitrogen and oxygen atoms in total. The van der Waals surface area contributed by atoms with E-state index in [0.29, 0.717) is 21.4 Å². The fourth-order valence-corrected chi connectivity index (χ4v) is 2.63. The molecule has 0 aromatic heterocycles. The van der Waals surface area contributed by atoms with E-state index in [1.807, 2.05) is 12.1 Å². The molecule has 3 rings (SSSR count). The number of hydrogen-bond acceptors (Lipinski definition) is 3. The Hall–Kier alpha value is -2.50. The summed E-state index contributed by atoms with van der Waals surface area (Å²) in [5, 5.41) is 5.66. The maximum absolute atomic E-state index is 11.6. The summed E-state index contributed by atoms with van der Waals surface area (Å²) in [5.41, 5.74) is 1.62. The number of hydrogen-bond donors (Lipinski definition) is 2. The van der Waals surface area contributed by atoms with Crippen LogP contribution in [0.2, 0.25) is 10.0 Å². The molecule has 2 aromatic rings. The summed E-state index contributed by atoms with van der Waals surface area (Å²) in [7, 11) is 0. The average Bonchev–Trinajstić information content (AvgIpc) is 2.85. The van der Waals surface area contributed by atoms with Gasteiger partial charge in [-0.3, -0.25) is 10.1 Å². The highest BCUT2D eigenvalue weighted by Gasteiger charge is 2.23. The van der Waals surface area contributed by atoms with Crippen LogP contribution in [0.25, 0.3) is 6.08 Å². The molecule has 122 valence electrons. The van der Waals surface area contributed by atoms with Crippen LogP contribution in [-0.2, 0) is 11.4 Å². The number of halogens is 2. The molecule has 0 aliphatic carbocycles. The van der Waals surface area contributed by atoms with Crippen molar-refractivity contribution in [1.82, 2.24) is 10.6 Å². The third-order valence-corrected chi connectivity index (χ3v) is 3.92. The van der Waals surface area contributed by atoms with Crippen molar-refractivity contribution in [1.29, 1.82) is 0 Å². The van der Waals surface area contributed by atoms with Crippen LogP contribution in [0.15, 0.2) is 48.2 Å². The van der Waals surface area contributed by atoms with E-state index in [1.54, 1.807) is 36.4 Å². The lowest BCUT2D eigenvalue weighted by Crippen LogP contribution is -2.22. The number of rotatable bonds is 4. The van der Waals surface area contributed by atoms with Gasteiger partial charge in [-0.2, -0.15) is 0 Å². The number of imide groups is 1. The summed E-state index contributed by atoms with van der Waals surface area (Å²) in [6.07, 6.45) is 1.55. The molecule has 7 heteroatoms. The molecule has 0 unspecified atom stereocenters. The lowest BCUT2D eigenvalue weighted by molar-refractivity contribution is -0.115. The number of carbonyl (C=O) groups excluding carboxylic acids is 2. The van der Waals surface area contributed by atoms with Gasteiger partial charge in [-0.25, -0.2) is 4.79 Å². The highest BCUT2D eigenvalue weighted by atomic mass is 35.5. The molecule has 0 spiro atoms. The third-order valence-electron chi connectivity index (χ3n) is 3.34. The van der Waals surface area contributed by atoms with Gasteiger partial charge in [-0.15, -0.1) is 0 Å². The second kappa shape index (κ2) is 6.95. The molecular weight excluding hydrogens is 351 g/mol. The first-order chi connectivity index (χ1) is 11.5. The van der Waals surface area contributed by atoms with Crippen LogP contribution in [-0.4, -0.2) is 11.9 Å². The summed E-state index contributed by atoms with van der Waals surface area (Å²) < 4.78 is 5.80. The molecule has 1 fully saturated rings. The quantitative estimate of drug-likeness (QED) is 0.642. The highest BCUT2D eigenvalue weighted by Crippen LogP contribution is 2.25. The number of ether oxygens (including phenoxy) is 1. The molecule has 24 heavy (non-hydrogen) atoms. The minimum atomic E-state index is -0.544. The van der Waals surface area contributed by atoms with Gasteiger partial charge in [0.25, 0.3) is 5.91 Å². The minimum Gasteiger partial charge on any atom is -0.488 e. The van der Waals surface area contributed by atoms with Crippen molar-refractivity contribution in [3.8, 4) is 5.75 Å². The monoisotopic (exact) mass is 362 g/mol. The van der Waals surface area contributed by atoms with E-state index in [4.69, 9.17) is 27.9 Å². The fourth-order valence-electron chi connectivity index (χ4n) is 2.16. The Morgan fingerprint density at radius 3 is 2.54 bits per heavy atom. The lowest BCUT2D eigenvalue weighted by Gasteiger charge is -2.11. The van der Waals surface area contributed by atoms with Gasteiger partial charge in [-0.1, -0.05) is 47.5 Å². The Balaban J connectivity index is 1.81. The molecule has 1 heterocycles. The zero-order chi connectivity index (χ0) is 17.1. The van der Waals surface area contributed by atoms with Crippen LogP contribution in [0.3, 0.4) is 0 Å². The maximum Gasteiger partial charge on any atom is 0.326 e. The van der Waals surface area contributed by atoms with Gasteiger partial charge < -0.3 is 10.1 Å². The first kappa shape index (κ1) is 16.4. The van der Waals surface area contributed by atoms with Crippen molar-refractivity contribution >= 4 is 41.2 Å². The fraction of sp³-hybridized carbons (Fsp3) is 0.0588. The topological polar surface area (TPSA) is 67.4 Å². The number of carbonyl (C=O) groups is 2. The molecule has 0 radical (unpaired) electrons. The second-order valence-electron chi connectivity index (χ2n) is 5.03. The predicted octanol–water partition coefficient (Wildman–Crippen LogP) is 3.75. The molecule has 0 bridgehead atoms. The molecule has 1 aliphatic rings. The zero-order valence-electron chi connectivity index (χ0n) is 12.3. The van der Waals surface area contributed by atoms with Gasteiger partial charge in [0.1, 0.15) is 18.1 Å². The van der Waals surface area contributed by atoms with E-state index in [-0.39, 0.29) is 12.3 Å². The summed E-state index contributed by atoms with van der Waals surface area (Å²) in [6.45, 7) is 0.245. The SMILES string of the molecule is O=C1NC(=O)/C(=C\c2ccccc2OCc2ccc(Cl)cc2Cl)N1. The standard InChI is InChI=1S/C17H12Cl2N2O3/c18-12-6-5-11(13(19)8-12)9-24-15-4-2-1-3-10(15)7-14-16(22)21-17(23)20-14/h1-8H,9H2,(H2,20,21,22,23)/b14-7+. The first-order valence-corrected chi connectivity index (χ1v) is 7.78. The van der Waals surface area contributed by atoms with Crippen molar-refractivity contribution < 1.29 is 14.3 Å². The van der Waals surface area contributed by atoms with Gasteiger partial charge in [-0.05, 0) is 24.3 Å². The Labute approximate surface area is 148 Å². The summed E-state index contributed by atoms with van der Waals surface area (Å²) >= 11 is 12.0. The summed E-state index contributed by atoms with van der Waals surface area (Å²) in [6, 6.07) is 11.8. The van der Waals surface area contributed by atoms with Crippen LogP contribution < -0.4 is 15.4 Å². The number of amides is 3. The van der Waals surface area contributed by atoms with E-state index in [0.717, 1.165) is 5.56 Å². The average molecular weight is 363 g/mol. The van der Waals surface area contributed by atoms with Gasteiger partial charge in [0.15, 0.2) is 0 Å². The molecule has 2 N–H and O–H groups in total. The minimum absolute atomic E-state index is 0.167. The molecule has 0 saturated carbocycles. The molecule has 1 saturated heterocycles. The first-order valence-electron chi connectivity index (χ1n) is 7.03. The Morgan fingerprint density at radius 2 is 1.83 bits per heavy atom. The molecule has 2 aromatic carbocycles. The second-order valence-corrected chi connectivity index (χ2v) is 5.87. The number of nitrogens with one attached hydrogen (secondary N) is 2. The van der Waals surface area contributed by atoms with Crippen LogP contribution in [0.4, 0.5) is 4.79 Å². The van der Waals surface area contributed by atoms with E-state index in [2.05, 4.69) is 10.6 Å². The van der Waals surface area contributed by atoms with Crippen molar-refractivity contribution in [2.45, 2.75) is 6.61 Å². The van der Waals surface area contributed by atoms with E-state index in [1.165, 1.54) is 0 Å². The van der Waals surface area contributed by atoms with Crippen LogP contribution in [0.5, 0.6) is 5.75 Å². The van der Waals surface area contributed by atoms with E-state index >= 15 is 0 Å². The third kappa shape index (κ3) is 3.69. The van der Waals surface area contributed by atoms with Gasteiger partial charge >= 0.3 is 6.03 Å². The molecular formula is C17H12Cl2N2O3. The van der Waals surface area contributed by atoms with Crippen molar-refractivity contribution in [2.75, 3.05) is 0 Å². The molecule has 3 amide bonds. The number of benzene rings is 2. The lowest BCUT2D eigenvalue weighted by atomic mass is 10.1. The van der Waals surface area contributed by atoms with E-state index in [9.17, 15) is 9.59 Å². The van der Waals surface area contributed by atoms with E-state index < -0.39 is 11.9 Å². The zero-order valence-corrected chi connectivity index (χ0v) is 13.8.